The van der Waals surface area contributed by atoms with E-state index < -0.39 is 0 Å². The molecular weight excluding hydrogens is 364 g/mol. The second-order valence-electron chi connectivity index (χ2n) is 10.1. The molecule has 0 N–H and O–H groups in total. The minimum atomic E-state index is 0.275. The van der Waals surface area contributed by atoms with Gasteiger partial charge in [-0.05, 0) is 12.8 Å². The Morgan fingerprint density at radius 3 is 0.933 bits per heavy atom. The Bertz CT molecular complexity index is 316. The van der Waals surface area contributed by atoms with Crippen molar-refractivity contribution < 1.29 is 4.79 Å². The molecule has 0 fully saturated rings. The highest BCUT2D eigenvalue weighted by atomic mass is 16.1. The zero-order valence-electron chi connectivity index (χ0n) is 21.6. The molecule has 0 aromatic heterocycles. The zero-order chi connectivity index (χ0) is 22.3. The van der Waals surface area contributed by atoms with Crippen LogP contribution in [0.4, 0.5) is 0 Å². The smallest absolute Gasteiger partial charge is 0.138 e. The quantitative estimate of drug-likeness (QED) is 0.141. The molecule has 0 rings (SSSR count). The molecule has 30 heavy (non-hydrogen) atoms. The van der Waals surface area contributed by atoms with Crippen molar-refractivity contribution in [3.8, 4) is 0 Å². The Morgan fingerprint density at radius 1 is 0.433 bits per heavy atom. The summed E-state index contributed by atoms with van der Waals surface area (Å²) in [6, 6.07) is 0. The summed E-state index contributed by atoms with van der Waals surface area (Å²) in [4.78, 5) is 12.6. The lowest BCUT2D eigenvalue weighted by atomic mass is 9.88. The number of unbranched alkanes of at least 4 members (excludes halogenated alkanes) is 18. The molecule has 0 saturated heterocycles. The molecule has 0 aromatic carbocycles. The molecule has 0 aliphatic heterocycles. The summed E-state index contributed by atoms with van der Waals surface area (Å²) in [5, 5.41) is 0. The predicted molar refractivity (Wildman–Crippen MR) is 136 cm³/mol. The van der Waals surface area contributed by atoms with Crippen LogP contribution in [0.15, 0.2) is 0 Å². The molecule has 1 heteroatoms. The van der Waals surface area contributed by atoms with Crippen LogP contribution in [0.1, 0.15) is 169 Å². The number of rotatable bonds is 24. The van der Waals surface area contributed by atoms with Crippen LogP contribution in [-0.2, 0) is 4.79 Å². The van der Waals surface area contributed by atoms with Crippen molar-refractivity contribution in [3.63, 3.8) is 0 Å². The van der Waals surface area contributed by atoms with Crippen molar-refractivity contribution in [1.29, 1.82) is 0 Å². The van der Waals surface area contributed by atoms with Gasteiger partial charge in [-0.3, -0.25) is 4.79 Å². The SMILES string of the molecule is CCCCCCCCCCCC[C@@H](C)C(=O)[C@H](C)CCCCCCCCCCCC. The Hall–Kier alpha value is -0.330. The van der Waals surface area contributed by atoms with Crippen LogP contribution in [0.5, 0.6) is 0 Å². The van der Waals surface area contributed by atoms with E-state index in [2.05, 4.69) is 27.7 Å². The highest BCUT2D eigenvalue weighted by Crippen LogP contribution is 2.20. The van der Waals surface area contributed by atoms with Crippen molar-refractivity contribution in [2.75, 3.05) is 0 Å². The zero-order valence-corrected chi connectivity index (χ0v) is 21.6. The topological polar surface area (TPSA) is 17.1 Å². The van der Waals surface area contributed by atoms with E-state index >= 15 is 0 Å². The summed E-state index contributed by atoms with van der Waals surface area (Å²) < 4.78 is 0. The predicted octanol–water partition coefficient (Wildman–Crippen LogP) is 10.4. The first-order valence-electron chi connectivity index (χ1n) is 14.2. The van der Waals surface area contributed by atoms with Crippen molar-refractivity contribution in [3.05, 3.63) is 0 Å². The average Bonchev–Trinajstić information content (AvgIpc) is 2.75. The second kappa shape index (κ2) is 23.3. The van der Waals surface area contributed by atoms with E-state index in [0.717, 1.165) is 12.8 Å². The van der Waals surface area contributed by atoms with Gasteiger partial charge in [0, 0.05) is 11.8 Å². The summed E-state index contributed by atoms with van der Waals surface area (Å²) in [6.07, 6.45) is 29.7. The van der Waals surface area contributed by atoms with E-state index in [1.165, 1.54) is 128 Å². The molecule has 0 unspecified atom stereocenters. The highest BCUT2D eigenvalue weighted by Gasteiger charge is 2.19. The number of carbonyl (C=O) groups is 1. The van der Waals surface area contributed by atoms with Crippen LogP contribution >= 0.6 is 0 Å². The van der Waals surface area contributed by atoms with Gasteiger partial charge in [-0.2, -0.15) is 0 Å². The first-order valence-corrected chi connectivity index (χ1v) is 14.2. The molecule has 0 bridgehead atoms. The van der Waals surface area contributed by atoms with Crippen molar-refractivity contribution in [2.45, 2.75) is 169 Å². The lowest BCUT2D eigenvalue weighted by Crippen LogP contribution is -2.19. The fourth-order valence-electron chi connectivity index (χ4n) is 4.65. The van der Waals surface area contributed by atoms with Gasteiger partial charge in [-0.1, -0.05) is 156 Å². The van der Waals surface area contributed by atoms with E-state index in [4.69, 9.17) is 0 Å². The number of hydrogen-bond acceptors (Lipinski definition) is 1. The summed E-state index contributed by atoms with van der Waals surface area (Å²) in [5.74, 6) is 1.08. The molecule has 1 nitrogen and oxygen atoms in total. The summed E-state index contributed by atoms with van der Waals surface area (Å²) in [5.41, 5.74) is 0. The molecule has 2 atom stereocenters. The molecule has 0 saturated carbocycles. The van der Waals surface area contributed by atoms with Crippen molar-refractivity contribution in [2.24, 2.45) is 11.8 Å². The first kappa shape index (κ1) is 29.7. The average molecular weight is 423 g/mol. The summed E-state index contributed by atoms with van der Waals surface area (Å²) >= 11 is 0. The Labute approximate surface area is 191 Å². The lowest BCUT2D eigenvalue weighted by Gasteiger charge is -2.16. The molecule has 0 spiro atoms. The van der Waals surface area contributed by atoms with E-state index in [-0.39, 0.29) is 11.8 Å². The van der Waals surface area contributed by atoms with Crippen molar-refractivity contribution in [1.82, 2.24) is 0 Å². The van der Waals surface area contributed by atoms with Crippen LogP contribution in [-0.4, -0.2) is 5.78 Å². The number of ketones is 1. The standard InChI is InChI=1S/C29H58O/c1-5-7-9-11-13-15-17-19-21-23-25-27(3)29(30)28(4)26-24-22-20-18-16-14-12-10-8-6-2/h27-28H,5-26H2,1-4H3/t27-,28-/m1/s1. The summed E-state index contributed by atoms with van der Waals surface area (Å²) in [6.45, 7) is 8.91. The molecule has 0 heterocycles. The molecule has 0 aromatic rings. The number of Topliss-reactive ketones (excluding diaryl/α,β-unsaturated/α-hetero) is 1. The van der Waals surface area contributed by atoms with Crippen LogP contribution in [0.25, 0.3) is 0 Å². The van der Waals surface area contributed by atoms with Gasteiger partial charge >= 0.3 is 0 Å². The fourth-order valence-corrected chi connectivity index (χ4v) is 4.65. The van der Waals surface area contributed by atoms with Gasteiger partial charge in [-0.25, -0.2) is 0 Å². The van der Waals surface area contributed by atoms with Gasteiger partial charge in [0.05, 0.1) is 0 Å². The van der Waals surface area contributed by atoms with Gasteiger partial charge < -0.3 is 0 Å². The molecule has 0 aliphatic carbocycles. The maximum atomic E-state index is 12.6. The lowest BCUT2D eigenvalue weighted by molar-refractivity contribution is -0.126. The third-order valence-electron chi connectivity index (χ3n) is 6.95. The van der Waals surface area contributed by atoms with E-state index in [1.807, 2.05) is 0 Å². The third kappa shape index (κ3) is 19.6. The van der Waals surface area contributed by atoms with Gasteiger partial charge in [0.25, 0.3) is 0 Å². The van der Waals surface area contributed by atoms with E-state index in [9.17, 15) is 4.79 Å². The first-order chi connectivity index (χ1) is 14.6. The Kier molecular flexibility index (Phi) is 23.1. The minimum absolute atomic E-state index is 0.275. The van der Waals surface area contributed by atoms with Gasteiger partial charge in [-0.15, -0.1) is 0 Å². The molecule has 0 amide bonds. The van der Waals surface area contributed by atoms with Crippen LogP contribution in [0.3, 0.4) is 0 Å². The van der Waals surface area contributed by atoms with Gasteiger partial charge in [0.15, 0.2) is 0 Å². The fraction of sp³-hybridized carbons (Fsp3) is 0.966. The maximum absolute atomic E-state index is 12.6. The third-order valence-corrected chi connectivity index (χ3v) is 6.95. The summed E-state index contributed by atoms with van der Waals surface area (Å²) in [7, 11) is 0. The van der Waals surface area contributed by atoms with E-state index in [0.29, 0.717) is 5.78 Å². The minimum Gasteiger partial charge on any atom is -0.299 e. The Balaban J connectivity index is 3.49. The molecular formula is C29H58O. The normalized spacial score (nSPS) is 13.5. The number of carbonyl (C=O) groups excluding carboxylic acids is 1. The van der Waals surface area contributed by atoms with Crippen molar-refractivity contribution >= 4 is 5.78 Å². The largest absolute Gasteiger partial charge is 0.299 e. The molecule has 180 valence electrons. The van der Waals surface area contributed by atoms with Gasteiger partial charge in [0.2, 0.25) is 0 Å². The molecule has 0 radical (unpaired) electrons. The maximum Gasteiger partial charge on any atom is 0.138 e. The van der Waals surface area contributed by atoms with Crippen LogP contribution in [0, 0.1) is 11.8 Å². The van der Waals surface area contributed by atoms with E-state index in [1.54, 1.807) is 0 Å². The second-order valence-corrected chi connectivity index (χ2v) is 10.1. The number of hydrogen-bond donors (Lipinski definition) is 0. The highest BCUT2D eigenvalue weighted by molar-refractivity contribution is 5.82. The molecule has 0 aliphatic rings. The monoisotopic (exact) mass is 422 g/mol. The Morgan fingerprint density at radius 2 is 0.667 bits per heavy atom. The van der Waals surface area contributed by atoms with Crippen LogP contribution in [0.2, 0.25) is 0 Å². The van der Waals surface area contributed by atoms with Crippen LogP contribution < -0.4 is 0 Å². The van der Waals surface area contributed by atoms with Gasteiger partial charge in [0.1, 0.15) is 5.78 Å².